The molecule has 0 saturated heterocycles. The molecule has 22 heavy (non-hydrogen) atoms. The normalized spacial score (nSPS) is 11.0. The minimum atomic E-state index is 0.0208. The lowest BCUT2D eigenvalue weighted by molar-refractivity contribution is -0.121. The van der Waals surface area contributed by atoms with Gasteiger partial charge in [-0.1, -0.05) is 18.2 Å². The van der Waals surface area contributed by atoms with E-state index >= 15 is 0 Å². The van der Waals surface area contributed by atoms with Crippen LogP contribution in [0.2, 0.25) is 0 Å². The lowest BCUT2D eigenvalue weighted by Gasteiger charge is -2.11. The Labute approximate surface area is 131 Å². The Kier molecular flexibility index (Phi) is 4.98. The average molecular weight is 300 g/mol. The third kappa shape index (κ3) is 3.54. The molecule has 1 aromatic heterocycles. The molecule has 0 aliphatic rings. The molecule has 0 aliphatic carbocycles. The van der Waals surface area contributed by atoms with Gasteiger partial charge in [0, 0.05) is 17.8 Å². The van der Waals surface area contributed by atoms with Crippen molar-refractivity contribution < 1.29 is 4.79 Å². The molecule has 2 aromatic rings. The van der Waals surface area contributed by atoms with Crippen molar-refractivity contribution in [1.82, 2.24) is 20.0 Å². The number of amides is 1. The molecule has 0 aliphatic heterocycles. The van der Waals surface area contributed by atoms with Gasteiger partial charge < -0.3 is 10.2 Å². The number of hydrogen-bond donors (Lipinski definition) is 1. The highest BCUT2D eigenvalue weighted by Crippen LogP contribution is 2.20. The van der Waals surface area contributed by atoms with E-state index in [1.807, 2.05) is 49.7 Å². The zero-order chi connectivity index (χ0) is 16.3. The van der Waals surface area contributed by atoms with Crippen molar-refractivity contribution in [2.75, 3.05) is 20.6 Å². The number of aryl methyl sites for hydroxylation is 2. The number of aromatic nitrogens is 2. The van der Waals surface area contributed by atoms with Crippen LogP contribution in [0.15, 0.2) is 24.3 Å². The first kappa shape index (κ1) is 16.2. The zero-order valence-electron chi connectivity index (χ0n) is 14.0. The lowest BCUT2D eigenvalue weighted by atomic mass is 10.1. The van der Waals surface area contributed by atoms with Gasteiger partial charge >= 0.3 is 0 Å². The van der Waals surface area contributed by atoms with E-state index in [2.05, 4.69) is 29.5 Å². The Morgan fingerprint density at radius 2 is 1.91 bits per heavy atom. The predicted octanol–water partition coefficient (Wildman–Crippen LogP) is 1.98. The van der Waals surface area contributed by atoms with E-state index in [1.54, 1.807) is 0 Å². The minimum absolute atomic E-state index is 0.0208. The SMILES string of the molecule is Cc1ccccc1-n1nc(C)c(CNC(=O)CN(C)C)c1C. The first-order chi connectivity index (χ1) is 10.4. The highest BCUT2D eigenvalue weighted by Gasteiger charge is 2.14. The third-order valence-electron chi connectivity index (χ3n) is 3.71. The fraction of sp³-hybridized carbons (Fsp3) is 0.412. The van der Waals surface area contributed by atoms with Gasteiger partial charge in [0.1, 0.15) is 0 Å². The number of benzene rings is 1. The molecular formula is C17H24N4O. The van der Waals surface area contributed by atoms with Crippen LogP contribution in [-0.4, -0.2) is 41.2 Å². The van der Waals surface area contributed by atoms with Crippen molar-refractivity contribution in [3.05, 3.63) is 46.8 Å². The Balaban J connectivity index is 2.21. The van der Waals surface area contributed by atoms with E-state index in [1.165, 1.54) is 5.56 Å². The summed E-state index contributed by atoms with van der Waals surface area (Å²) in [5, 5.41) is 7.59. The van der Waals surface area contributed by atoms with Crippen LogP contribution in [0.25, 0.3) is 5.69 Å². The molecule has 1 N–H and O–H groups in total. The van der Waals surface area contributed by atoms with E-state index in [-0.39, 0.29) is 5.91 Å². The summed E-state index contributed by atoms with van der Waals surface area (Å²) in [7, 11) is 3.76. The van der Waals surface area contributed by atoms with Crippen molar-refractivity contribution in [2.24, 2.45) is 0 Å². The summed E-state index contributed by atoms with van der Waals surface area (Å²) in [4.78, 5) is 13.7. The molecule has 0 unspecified atom stereocenters. The number of nitrogens with one attached hydrogen (secondary N) is 1. The molecule has 5 heteroatoms. The molecule has 2 rings (SSSR count). The fourth-order valence-corrected chi connectivity index (χ4v) is 2.50. The summed E-state index contributed by atoms with van der Waals surface area (Å²) in [6.07, 6.45) is 0. The van der Waals surface area contributed by atoms with E-state index in [0.717, 1.165) is 22.6 Å². The third-order valence-corrected chi connectivity index (χ3v) is 3.71. The van der Waals surface area contributed by atoms with Crippen LogP contribution in [0.5, 0.6) is 0 Å². The molecule has 5 nitrogen and oxygen atoms in total. The number of hydrogen-bond acceptors (Lipinski definition) is 3. The number of rotatable bonds is 5. The maximum Gasteiger partial charge on any atom is 0.234 e. The summed E-state index contributed by atoms with van der Waals surface area (Å²) >= 11 is 0. The predicted molar refractivity (Wildman–Crippen MR) is 88.2 cm³/mol. The highest BCUT2D eigenvalue weighted by atomic mass is 16.2. The van der Waals surface area contributed by atoms with Crippen LogP contribution in [-0.2, 0) is 11.3 Å². The molecule has 0 spiro atoms. The summed E-state index contributed by atoms with van der Waals surface area (Å²) in [6, 6.07) is 8.16. The number of para-hydroxylation sites is 1. The van der Waals surface area contributed by atoms with Crippen LogP contribution in [0.1, 0.15) is 22.5 Å². The largest absolute Gasteiger partial charge is 0.351 e. The van der Waals surface area contributed by atoms with E-state index in [0.29, 0.717) is 13.1 Å². The molecule has 1 aromatic carbocycles. The minimum Gasteiger partial charge on any atom is -0.351 e. The Morgan fingerprint density at radius 3 is 2.55 bits per heavy atom. The second kappa shape index (κ2) is 6.75. The van der Waals surface area contributed by atoms with Crippen LogP contribution >= 0.6 is 0 Å². The summed E-state index contributed by atoms with van der Waals surface area (Å²) in [5.74, 6) is 0.0208. The molecule has 0 bridgehead atoms. The van der Waals surface area contributed by atoms with Crippen LogP contribution < -0.4 is 5.32 Å². The van der Waals surface area contributed by atoms with Crippen molar-refractivity contribution >= 4 is 5.91 Å². The standard InChI is InChI=1S/C17H24N4O/c1-12-8-6-7-9-16(12)21-14(3)15(13(2)19-21)10-18-17(22)11-20(4)5/h6-9H,10-11H2,1-5H3,(H,18,22). The number of nitrogens with zero attached hydrogens (tertiary/aromatic N) is 3. The van der Waals surface area contributed by atoms with Gasteiger partial charge in [-0.25, -0.2) is 4.68 Å². The molecule has 0 atom stereocenters. The van der Waals surface area contributed by atoms with Crippen molar-refractivity contribution in [3.8, 4) is 5.69 Å². The van der Waals surface area contributed by atoms with Gasteiger partial charge in [0.2, 0.25) is 5.91 Å². The monoisotopic (exact) mass is 300 g/mol. The first-order valence-electron chi connectivity index (χ1n) is 7.42. The van der Waals surface area contributed by atoms with Gasteiger partial charge in [-0.2, -0.15) is 5.10 Å². The second-order valence-corrected chi connectivity index (χ2v) is 5.86. The molecule has 1 heterocycles. The Bertz CT molecular complexity index is 673. The van der Waals surface area contributed by atoms with Gasteiger partial charge in [-0.15, -0.1) is 0 Å². The molecule has 0 fully saturated rings. The van der Waals surface area contributed by atoms with Gasteiger partial charge in [0.05, 0.1) is 17.9 Å². The smallest absolute Gasteiger partial charge is 0.234 e. The molecule has 0 radical (unpaired) electrons. The maximum absolute atomic E-state index is 11.8. The summed E-state index contributed by atoms with van der Waals surface area (Å²) in [5.41, 5.74) is 5.35. The number of carbonyl (C=O) groups is 1. The summed E-state index contributed by atoms with van der Waals surface area (Å²) in [6.45, 7) is 7.00. The van der Waals surface area contributed by atoms with Gasteiger partial charge in [0.15, 0.2) is 0 Å². The second-order valence-electron chi connectivity index (χ2n) is 5.86. The number of likely N-dealkylation sites (N-methyl/N-ethyl adjacent to an activating group) is 1. The maximum atomic E-state index is 11.8. The quantitative estimate of drug-likeness (QED) is 0.918. The van der Waals surface area contributed by atoms with Crippen molar-refractivity contribution in [1.29, 1.82) is 0 Å². The average Bonchev–Trinajstić information content (AvgIpc) is 2.71. The highest BCUT2D eigenvalue weighted by molar-refractivity contribution is 5.78. The van der Waals surface area contributed by atoms with Crippen molar-refractivity contribution in [2.45, 2.75) is 27.3 Å². The van der Waals surface area contributed by atoms with Gasteiger partial charge in [-0.05, 0) is 46.5 Å². The molecule has 118 valence electrons. The molecule has 0 saturated carbocycles. The Morgan fingerprint density at radius 1 is 1.23 bits per heavy atom. The van der Waals surface area contributed by atoms with Crippen LogP contribution in [0, 0.1) is 20.8 Å². The van der Waals surface area contributed by atoms with Gasteiger partial charge in [-0.3, -0.25) is 4.79 Å². The van der Waals surface area contributed by atoms with Crippen LogP contribution in [0.4, 0.5) is 0 Å². The van der Waals surface area contributed by atoms with E-state index < -0.39 is 0 Å². The van der Waals surface area contributed by atoms with Crippen LogP contribution in [0.3, 0.4) is 0 Å². The zero-order valence-corrected chi connectivity index (χ0v) is 14.0. The molecular weight excluding hydrogens is 276 g/mol. The summed E-state index contributed by atoms with van der Waals surface area (Å²) < 4.78 is 1.96. The van der Waals surface area contributed by atoms with Gasteiger partial charge in [0.25, 0.3) is 0 Å². The van der Waals surface area contributed by atoms with Crippen molar-refractivity contribution in [3.63, 3.8) is 0 Å². The lowest BCUT2D eigenvalue weighted by Crippen LogP contribution is -2.33. The number of carbonyl (C=O) groups excluding carboxylic acids is 1. The van der Waals surface area contributed by atoms with E-state index in [4.69, 9.17) is 0 Å². The van der Waals surface area contributed by atoms with E-state index in [9.17, 15) is 4.79 Å². The topological polar surface area (TPSA) is 50.2 Å². The fourth-order valence-electron chi connectivity index (χ4n) is 2.50. The first-order valence-corrected chi connectivity index (χ1v) is 7.42. The molecule has 1 amide bonds. The Hall–Kier alpha value is -2.14.